The molecule has 0 aromatic heterocycles. The van der Waals surface area contributed by atoms with E-state index in [0.717, 1.165) is 0 Å². The van der Waals surface area contributed by atoms with Crippen LogP contribution in [0, 0.1) is 11.8 Å². The summed E-state index contributed by atoms with van der Waals surface area (Å²) >= 11 is 0. The normalized spacial score (nSPS) is 12.7. The van der Waals surface area contributed by atoms with Crippen LogP contribution in [0.4, 0.5) is 0 Å². The number of carboxylic acids is 2. The van der Waals surface area contributed by atoms with Crippen LogP contribution in [0.2, 0.25) is 0 Å². The number of hydrogen-bond acceptors (Lipinski definition) is 4. The molecule has 0 saturated carbocycles. The SMILES string of the molecule is CC(=O)N[C@H](CC(C)C)C(=O)O.CC(=O)N[C@H](CC(C)C)C(=O)O. The lowest BCUT2D eigenvalue weighted by molar-refractivity contribution is -0.142. The second kappa shape index (κ2) is 12.3. The Labute approximate surface area is 143 Å². The summed E-state index contributed by atoms with van der Waals surface area (Å²) < 4.78 is 0. The van der Waals surface area contributed by atoms with E-state index in [2.05, 4.69) is 10.6 Å². The molecule has 0 saturated heterocycles. The Morgan fingerprint density at radius 3 is 1.08 bits per heavy atom. The van der Waals surface area contributed by atoms with Gasteiger partial charge in [-0.05, 0) is 24.7 Å². The monoisotopic (exact) mass is 346 g/mol. The molecule has 0 aliphatic heterocycles. The molecule has 0 bridgehead atoms. The van der Waals surface area contributed by atoms with Crippen molar-refractivity contribution in [1.82, 2.24) is 10.6 Å². The minimum absolute atomic E-state index is 0.262. The number of hydrogen-bond donors (Lipinski definition) is 4. The molecule has 2 amide bonds. The first-order valence-corrected chi connectivity index (χ1v) is 7.86. The molecule has 0 rings (SSSR count). The lowest BCUT2D eigenvalue weighted by Gasteiger charge is -2.14. The zero-order valence-corrected chi connectivity index (χ0v) is 15.3. The molecule has 0 heterocycles. The van der Waals surface area contributed by atoms with E-state index in [1.165, 1.54) is 13.8 Å². The Morgan fingerprint density at radius 2 is 0.958 bits per heavy atom. The first-order chi connectivity index (χ1) is 10.9. The van der Waals surface area contributed by atoms with Crippen LogP contribution in [0.5, 0.6) is 0 Å². The molecule has 0 aliphatic rings. The van der Waals surface area contributed by atoms with E-state index < -0.39 is 24.0 Å². The van der Waals surface area contributed by atoms with Crippen molar-refractivity contribution < 1.29 is 29.4 Å². The number of carbonyl (C=O) groups is 4. The molecule has 2 atom stereocenters. The summed E-state index contributed by atoms with van der Waals surface area (Å²) in [6.07, 6.45) is 0.934. The van der Waals surface area contributed by atoms with Crippen molar-refractivity contribution >= 4 is 23.8 Å². The van der Waals surface area contributed by atoms with Crippen molar-refractivity contribution in [3.63, 3.8) is 0 Å². The highest BCUT2D eigenvalue weighted by Crippen LogP contribution is 2.05. The second-order valence-electron chi connectivity index (χ2n) is 6.44. The topological polar surface area (TPSA) is 133 Å². The summed E-state index contributed by atoms with van der Waals surface area (Å²) in [6.45, 7) is 10.3. The molecule has 0 radical (unpaired) electrons. The summed E-state index contributed by atoms with van der Waals surface area (Å²) in [7, 11) is 0. The zero-order valence-electron chi connectivity index (χ0n) is 15.3. The summed E-state index contributed by atoms with van der Waals surface area (Å²) in [4.78, 5) is 42.2. The lowest BCUT2D eigenvalue weighted by Crippen LogP contribution is -2.40. The third-order valence-corrected chi connectivity index (χ3v) is 2.77. The van der Waals surface area contributed by atoms with Gasteiger partial charge >= 0.3 is 11.9 Å². The predicted molar refractivity (Wildman–Crippen MR) is 89.4 cm³/mol. The molecule has 0 unspecified atom stereocenters. The maximum atomic E-state index is 10.6. The van der Waals surface area contributed by atoms with Crippen molar-refractivity contribution in [3.05, 3.63) is 0 Å². The van der Waals surface area contributed by atoms with Crippen LogP contribution in [0.3, 0.4) is 0 Å². The molecule has 8 nitrogen and oxygen atoms in total. The van der Waals surface area contributed by atoms with Crippen LogP contribution in [0.15, 0.2) is 0 Å². The second-order valence-corrected chi connectivity index (χ2v) is 6.44. The maximum absolute atomic E-state index is 10.6. The van der Waals surface area contributed by atoms with E-state index in [9.17, 15) is 19.2 Å². The largest absolute Gasteiger partial charge is 0.480 e. The van der Waals surface area contributed by atoms with E-state index in [-0.39, 0.29) is 23.7 Å². The Balaban J connectivity index is 0. The van der Waals surface area contributed by atoms with Gasteiger partial charge in [0.15, 0.2) is 0 Å². The van der Waals surface area contributed by atoms with Crippen molar-refractivity contribution in [2.24, 2.45) is 11.8 Å². The molecule has 0 aromatic carbocycles. The number of nitrogens with one attached hydrogen (secondary N) is 2. The smallest absolute Gasteiger partial charge is 0.326 e. The van der Waals surface area contributed by atoms with Gasteiger partial charge in [-0.3, -0.25) is 9.59 Å². The minimum Gasteiger partial charge on any atom is -0.480 e. The molecule has 8 heteroatoms. The maximum Gasteiger partial charge on any atom is 0.326 e. The van der Waals surface area contributed by atoms with Gasteiger partial charge in [-0.1, -0.05) is 27.7 Å². The molecular formula is C16H30N2O6. The first kappa shape index (κ1) is 24.1. The van der Waals surface area contributed by atoms with Crippen molar-refractivity contribution in [1.29, 1.82) is 0 Å². The molecule has 0 aliphatic carbocycles. The fraction of sp³-hybridized carbons (Fsp3) is 0.750. The third-order valence-electron chi connectivity index (χ3n) is 2.77. The van der Waals surface area contributed by atoms with Gasteiger partial charge in [0, 0.05) is 13.8 Å². The summed E-state index contributed by atoms with van der Waals surface area (Å²) in [5, 5.41) is 22.1. The third kappa shape index (κ3) is 14.8. The number of carboxylic acid groups (broad SMARTS) is 2. The van der Waals surface area contributed by atoms with Crippen LogP contribution >= 0.6 is 0 Å². The van der Waals surface area contributed by atoms with Crippen LogP contribution in [0.25, 0.3) is 0 Å². The molecule has 0 fully saturated rings. The van der Waals surface area contributed by atoms with E-state index in [1.807, 2.05) is 27.7 Å². The van der Waals surface area contributed by atoms with Gasteiger partial charge in [-0.25, -0.2) is 9.59 Å². The number of rotatable bonds is 8. The quantitative estimate of drug-likeness (QED) is 0.523. The summed E-state index contributed by atoms with van der Waals surface area (Å²) in [6, 6.07) is -1.50. The average Bonchev–Trinajstić information content (AvgIpc) is 2.35. The van der Waals surface area contributed by atoms with E-state index in [4.69, 9.17) is 10.2 Å². The van der Waals surface area contributed by atoms with Crippen LogP contribution in [-0.2, 0) is 19.2 Å². The standard InChI is InChI=1S/2C8H15NO3/c2*1-5(2)4-7(8(11)12)9-6(3)10/h2*5,7H,4H2,1-3H3,(H,9,10)(H,11,12)/t2*7-/m11/s1. The van der Waals surface area contributed by atoms with Crippen molar-refractivity contribution in [3.8, 4) is 0 Å². The van der Waals surface area contributed by atoms with E-state index >= 15 is 0 Å². The molecular weight excluding hydrogens is 316 g/mol. The van der Waals surface area contributed by atoms with E-state index in [1.54, 1.807) is 0 Å². The first-order valence-electron chi connectivity index (χ1n) is 7.86. The minimum atomic E-state index is -0.973. The van der Waals surface area contributed by atoms with Gasteiger partial charge in [0.1, 0.15) is 12.1 Å². The van der Waals surface area contributed by atoms with Gasteiger partial charge < -0.3 is 20.8 Å². The highest BCUT2D eigenvalue weighted by molar-refractivity contribution is 5.82. The van der Waals surface area contributed by atoms with Crippen molar-refractivity contribution in [2.75, 3.05) is 0 Å². The molecule has 140 valence electrons. The van der Waals surface area contributed by atoms with Gasteiger partial charge in [-0.15, -0.1) is 0 Å². The average molecular weight is 346 g/mol. The number of carbonyl (C=O) groups excluding carboxylic acids is 2. The van der Waals surface area contributed by atoms with Crippen LogP contribution in [0.1, 0.15) is 54.4 Å². The summed E-state index contributed by atoms with van der Waals surface area (Å²) in [5.41, 5.74) is 0. The van der Waals surface area contributed by atoms with Gasteiger partial charge in [0.25, 0.3) is 0 Å². The molecule has 0 aromatic rings. The fourth-order valence-corrected chi connectivity index (χ4v) is 1.88. The zero-order chi connectivity index (χ0) is 19.4. The van der Waals surface area contributed by atoms with E-state index in [0.29, 0.717) is 12.8 Å². The number of aliphatic carboxylic acids is 2. The van der Waals surface area contributed by atoms with Crippen LogP contribution < -0.4 is 10.6 Å². The Morgan fingerprint density at radius 1 is 0.708 bits per heavy atom. The molecule has 24 heavy (non-hydrogen) atoms. The lowest BCUT2D eigenvalue weighted by atomic mass is 10.0. The number of amides is 2. The highest BCUT2D eigenvalue weighted by atomic mass is 16.4. The van der Waals surface area contributed by atoms with Crippen molar-refractivity contribution in [2.45, 2.75) is 66.5 Å². The highest BCUT2D eigenvalue weighted by Gasteiger charge is 2.19. The fourth-order valence-electron chi connectivity index (χ4n) is 1.88. The Hall–Kier alpha value is -2.12. The van der Waals surface area contributed by atoms with Gasteiger partial charge in [0.05, 0.1) is 0 Å². The van der Waals surface area contributed by atoms with Crippen LogP contribution in [-0.4, -0.2) is 46.0 Å². The Kier molecular flexibility index (Phi) is 12.4. The molecule has 4 N–H and O–H groups in total. The van der Waals surface area contributed by atoms with Gasteiger partial charge in [0.2, 0.25) is 11.8 Å². The predicted octanol–water partition coefficient (Wildman–Crippen LogP) is 1.24. The Bertz CT molecular complexity index is 394. The van der Waals surface area contributed by atoms with Gasteiger partial charge in [-0.2, -0.15) is 0 Å². The summed E-state index contributed by atoms with van der Waals surface area (Å²) in [5.74, 6) is -2.03. The molecule has 0 spiro atoms.